The summed E-state index contributed by atoms with van der Waals surface area (Å²) in [6.45, 7) is 1.83. The molecular weight excluding hydrogens is 371 g/mol. The van der Waals surface area contributed by atoms with Crippen LogP contribution in [0.15, 0.2) is 46.9 Å². The fraction of sp³-hybridized carbons (Fsp3) is 0.278. The number of nitrogens with one attached hydrogen (secondary N) is 1. The highest BCUT2D eigenvalue weighted by Crippen LogP contribution is 2.42. The lowest BCUT2D eigenvalue weighted by Gasteiger charge is -2.13. The highest BCUT2D eigenvalue weighted by Gasteiger charge is 2.31. The third-order valence-corrected chi connectivity index (χ3v) is 6.00. The van der Waals surface area contributed by atoms with Gasteiger partial charge in [-0.1, -0.05) is 17.8 Å². The minimum absolute atomic E-state index is 0.148. The number of benzene rings is 1. The number of anilines is 1. The second kappa shape index (κ2) is 7.20. The molecule has 1 amide bonds. The molecule has 26 heavy (non-hydrogen) atoms. The van der Waals surface area contributed by atoms with E-state index in [0.717, 1.165) is 28.7 Å². The number of thiophene rings is 1. The van der Waals surface area contributed by atoms with E-state index in [0.29, 0.717) is 11.7 Å². The summed E-state index contributed by atoms with van der Waals surface area (Å²) in [5.41, 5.74) is 0.576. The first-order valence-electron chi connectivity index (χ1n) is 8.33. The summed E-state index contributed by atoms with van der Waals surface area (Å²) in [6, 6.07) is 10.2. The van der Waals surface area contributed by atoms with Crippen molar-refractivity contribution in [2.45, 2.75) is 36.2 Å². The van der Waals surface area contributed by atoms with E-state index in [1.165, 1.54) is 23.9 Å². The number of hydrogen-bond donors (Lipinski definition) is 1. The van der Waals surface area contributed by atoms with Crippen LogP contribution in [0, 0.1) is 5.82 Å². The first kappa shape index (κ1) is 17.2. The van der Waals surface area contributed by atoms with Crippen molar-refractivity contribution in [3.63, 3.8) is 0 Å². The van der Waals surface area contributed by atoms with Crippen LogP contribution in [0.2, 0.25) is 0 Å². The van der Waals surface area contributed by atoms with Crippen LogP contribution in [0.1, 0.15) is 25.8 Å². The summed E-state index contributed by atoms with van der Waals surface area (Å²) in [7, 11) is 0. The van der Waals surface area contributed by atoms with Crippen molar-refractivity contribution in [1.82, 2.24) is 14.8 Å². The summed E-state index contributed by atoms with van der Waals surface area (Å²) in [5.74, 6) is 0.393. The maximum Gasteiger partial charge on any atom is 0.237 e. The molecule has 5 nitrogen and oxygen atoms in total. The first-order chi connectivity index (χ1) is 12.6. The van der Waals surface area contributed by atoms with Gasteiger partial charge in [0.2, 0.25) is 5.91 Å². The van der Waals surface area contributed by atoms with E-state index in [1.54, 1.807) is 23.5 Å². The molecule has 8 heteroatoms. The van der Waals surface area contributed by atoms with Gasteiger partial charge in [-0.25, -0.2) is 4.39 Å². The molecule has 1 unspecified atom stereocenters. The van der Waals surface area contributed by atoms with Crippen molar-refractivity contribution >= 4 is 34.7 Å². The highest BCUT2D eigenvalue weighted by atomic mass is 32.2. The Kier molecular flexibility index (Phi) is 4.78. The van der Waals surface area contributed by atoms with Crippen LogP contribution in [0.3, 0.4) is 0 Å². The molecule has 134 valence electrons. The molecule has 3 aromatic rings. The van der Waals surface area contributed by atoms with E-state index in [9.17, 15) is 9.18 Å². The normalized spacial score (nSPS) is 15.0. The molecule has 0 aliphatic heterocycles. The molecule has 1 aliphatic rings. The van der Waals surface area contributed by atoms with E-state index in [2.05, 4.69) is 20.1 Å². The van der Waals surface area contributed by atoms with Crippen molar-refractivity contribution in [1.29, 1.82) is 0 Å². The van der Waals surface area contributed by atoms with Crippen molar-refractivity contribution in [3.05, 3.63) is 47.6 Å². The van der Waals surface area contributed by atoms with E-state index in [-0.39, 0.29) is 17.0 Å². The number of halogens is 1. The van der Waals surface area contributed by atoms with Gasteiger partial charge in [-0.05, 0) is 55.5 Å². The van der Waals surface area contributed by atoms with Crippen LogP contribution < -0.4 is 5.32 Å². The van der Waals surface area contributed by atoms with Crippen LogP contribution in [0.4, 0.5) is 10.1 Å². The standard InChI is InChI=1S/C18H17FN4OS2/c1-11(17(24)20-13-6-4-12(19)5-7-13)26-18-22-21-16(15-3-2-10-25-15)23(18)14-8-9-14/h2-7,10-11,14H,8-9H2,1H3,(H,20,24). The Labute approximate surface area is 158 Å². The smallest absolute Gasteiger partial charge is 0.237 e. The quantitative estimate of drug-likeness (QED) is 0.627. The Hall–Kier alpha value is -2.19. The van der Waals surface area contributed by atoms with Crippen molar-refractivity contribution in [3.8, 4) is 10.7 Å². The molecule has 0 radical (unpaired) electrons. The number of thioether (sulfide) groups is 1. The van der Waals surface area contributed by atoms with Crippen molar-refractivity contribution in [2.24, 2.45) is 0 Å². The average Bonchev–Trinajstić information content (AvgIpc) is 3.16. The Morgan fingerprint density at radius 3 is 2.73 bits per heavy atom. The fourth-order valence-corrected chi connectivity index (χ4v) is 4.21. The predicted octanol–water partition coefficient (Wildman–Crippen LogP) is 4.60. The lowest BCUT2D eigenvalue weighted by Crippen LogP contribution is -2.22. The van der Waals surface area contributed by atoms with Crippen molar-refractivity contribution in [2.75, 3.05) is 5.32 Å². The number of rotatable bonds is 6. The lowest BCUT2D eigenvalue weighted by atomic mass is 10.3. The number of carbonyl (C=O) groups is 1. The van der Waals surface area contributed by atoms with Gasteiger partial charge in [0.25, 0.3) is 0 Å². The minimum atomic E-state index is -0.349. The van der Waals surface area contributed by atoms with Gasteiger partial charge in [-0.2, -0.15) is 0 Å². The summed E-state index contributed by atoms with van der Waals surface area (Å²) in [5, 5.41) is 13.9. The molecule has 1 aromatic carbocycles. The Balaban J connectivity index is 1.50. The number of aromatic nitrogens is 3. The number of hydrogen-bond acceptors (Lipinski definition) is 5. The second-order valence-corrected chi connectivity index (χ2v) is 8.40. The van der Waals surface area contributed by atoms with Gasteiger partial charge in [0, 0.05) is 11.7 Å². The zero-order chi connectivity index (χ0) is 18.1. The van der Waals surface area contributed by atoms with Gasteiger partial charge in [0.15, 0.2) is 11.0 Å². The van der Waals surface area contributed by atoms with Crippen LogP contribution in [-0.2, 0) is 4.79 Å². The largest absolute Gasteiger partial charge is 0.325 e. The molecule has 1 atom stereocenters. The molecule has 1 aliphatic carbocycles. The maximum absolute atomic E-state index is 13.0. The van der Waals surface area contributed by atoms with Gasteiger partial charge < -0.3 is 5.32 Å². The van der Waals surface area contributed by atoms with Gasteiger partial charge in [-0.3, -0.25) is 9.36 Å². The van der Waals surface area contributed by atoms with Gasteiger partial charge in [0.1, 0.15) is 5.82 Å². The molecular formula is C18H17FN4OS2. The van der Waals surface area contributed by atoms with Gasteiger partial charge in [-0.15, -0.1) is 21.5 Å². The zero-order valence-electron chi connectivity index (χ0n) is 14.1. The maximum atomic E-state index is 13.0. The van der Waals surface area contributed by atoms with Crippen LogP contribution in [0.5, 0.6) is 0 Å². The number of carbonyl (C=O) groups excluding carboxylic acids is 1. The molecule has 0 saturated heterocycles. The molecule has 2 aromatic heterocycles. The predicted molar refractivity (Wildman–Crippen MR) is 102 cm³/mol. The lowest BCUT2D eigenvalue weighted by molar-refractivity contribution is -0.115. The van der Waals surface area contributed by atoms with Crippen LogP contribution in [0.25, 0.3) is 10.7 Å². The monoisotopic (exact) mass is 388 g/mol. The average molecular weight is 388 g/mol. The van der Waals surface area contributed by atoms with Gasteiger partial charge >= 0.3 is 0 Å². The fourth-order valence-electron chi connectivity index (χ4n) is 2.58. The molecule has 1 fully saturated rings. The zero-order valence-corrected chi connectivity index (χ0v) is 15.7. The van der Waals surface area contributed by atoms with Gasteiger partial charge in [0.05, 0.1) is 10.1 Å². The summed E-state index contributed by atoms with van der Waals surface area (Å²) in [4.78, 5) is 13.5. The first-order valence-corrected chi connectivity index (χ1v) is 10.1. The molecule has 0 spiro atoms. The second-order valence-electron chi connectivity index (χ2n) is 6.14. The molecule has 0 bridgehead atoms. The topological polar surface area (TPSA) is 59.8 Å². The SMILES string of the molecule is CC(Sc1nnc(-c2cccs2)n1C1CC1)C(=O)Nc1ccc(F)cc1. The molecule has 2 heterocycles. The van der Waals surface area contributed by atoms with E-state index < -0.39 is 0 Å². The molecule has 1 saturated carbocycles. The van der Waals surface area contributed by atoms with Crippen molar-refractivity contribution < 1.29 is 9.18 Å². The number of nitrogens with zero attached hydrogens (tertiary/aromatic N) is 3. The van der Waals surface area contributed by atoms with Crippen LogP contribution in [-0.4, -0.2) is 25.9 Å². The highest BCUT2D eigenvalue weighted by molar-refractivity contribution is 8.00. The Morgan fingerprint density at radius 2 is 2.08 bits per heavy atom. The number of amides is 1. The summed E-state index contributed by atoms with van der Waals surface area (Å²) in [6.07, 6.45) is 2.22. The third kappa shape index (κ3) is 3.66. The Bertz CT molecular complexity index is 904. The molecule has 4 rings (SSSR count). The Morgan fingerprint density at radius 1 is 1.31 bits per heavy atom. The summed E-state index contributed by atoms with van der Waals surface area (Å²) >= 11 is 3.03. The van der Waals surface area contributed by atoms with E-state index in [4.69, 9.17) is 0 Å². The summed E-state index contributed by atoms with van der Waals surface area (Å²) < 4.78 is 15.1. The van der Waals surface area contributed by atoms with E-state index in [1.807, 2.05) is 24.4 Å². The van der Waals surface area contributed by atoms with Crippen LogP contribution >= 0.6 is 23.1 Å². The third-order valence-electron chi connectivity index (χ3n) is 4.08. The molecule has 1 N–H and O–H groups in total. The van der Waals surface area contributed by atoms with E-state index >= 15 is 0 Å². The minimum Gasteiger partial charge on any atom is -0.325 e.